The maximum absolute atomic E-state index is 11.8. The Morgan fingerprint density at radius 1 is 1.65 bits per heavy atom. The van der Waals surface area contributed by atoms with Crippen molar-refractivity contribution in [2.24, 2.45) is 5.41 Å². The Bertz CT molecular complexity index is 398. The van der Waals surface area contributed by atoms with E-state index in [1.807, 2.05) is 20.8 Å². The molecule has 6 heteroatoms. The zero-order valence-corrected chi connectivity index (χ0v) is 10.5. The van der Waals surface area contributed by atoms with E-state index in [0.717, 1.165) is 0 Å². The van der Waals surface area contributed by atoms with Gasteiger partial charge in [0.25, 0.3) is 5.91 Å². The Morgan fingerprint density at radius 2 is 2.29 bits per heavy atom. The van der Waals surface area contributed by atoms with E-state index in [1.165, 1.54) is 0 Å². The van der Waals surface area contributed by atoms with Crippen molar-refractivity contribution in [3.63, 3.8) is 0 Å². The summed E-state index contributed by atoms with van der Waals surface area (Å²) in [5, 5.41) is 15.9. The van der Waals surface area contributed by atoms with Gasteiger partial charge in [0, 0.05) is 31.3 Å². The predicted octanol–water partition coefficient (Wildman–Crippen LogP) is 0.233. The number of nitrogens with two attached hydrogens (primary N) is 1. The first-order valence-corrected chi connectivity index (χ1v) is 5.61. The molecule has 17 heavy (non-hydrogen) atoms. The number of aromatic nitrogens is 2. The molecule has 0 unspecified atom stereocenters. The van der Waals surface area contributed by atoms with Crippen molar-refractivity contribution in [3.05, 3.63) is 11.9 Å². The minimum atomic E-state index is -0.349. The molecule has 1 amide bonds. The largest absolute Gasteiger partial charge is 0.396 e. The van der Waals surface area contributed by atoms with Crippen LogP contribution < -0.4 is 11.1 Å². The van der Waals surface area contributed by atoms with E-state index in [9.17, 15) is 4.79 Å². The van der Waals surface area contributed by atoms with Crippen LogP contribution in [-0.2, 0) is 6.54 Å². The minimum Gasteiger partial charge on any atom is -0.396 e. The van der Waals surface area contributed by atoms with Crippen LogP contribution in [0.25, 0.3) is 0 Å². The van der Waals surface area contributed by atoms with Gasteiger partial charge in [-0.25, -0.2) is 0 Å². The summed E-state index contributed by atoms with van der Waals surface area (Å²) >= 11 is 0. The summed E-state index contributed by atoms with van der Waals surface area (Å²) in [4.78, 5) is 11.8. The van der Waals surface area contributed by atoms with Crippen molar-refractivity contribution in [3.8, 4) is 0 Å². The fourth-order valence-corrected chi connectivity index (χ4v) is 1.23. The highest BCUT2D eigenvalue weighted by Crippen LogP contribution is 2.13. The average molecular weight is 240 g/mol. The average Bonchev–Trinajstić information content (AvgIpc) is 2.68. The number of nitrogens with zero attached hydrogens (tertiary/aromatic N) is 2. The lowest BCUT2D eigenvalue weighted by atomic mass is 9.95. The summed E-state index contributed by atoms with van der Waals surface area (Å²) in [5.41, 5.74) is 5.95. The van der Waals surface area contributed by atoms with Gasteiger partial charge in [0.2, 0.25) is 0 Å². The number of aryl methyl sites for hydroxylation is 1. The lowest BCUT2D eigenvalue weighted by molar-refractivity contribution is 0.0906. The molecule has 1 aromatic heterocycles. The van der Waals surface area contributed by atoms with Crippen molar-refractivity contribution < 1.29 is 9.90 Å². The van der Waals surface area contributed by atoms with Gasteiger partial charge in [-0.3, -0.25) is 9.48 Å². The highest BCUT2D eigenvalue weighted by atomic mass is 16.3. The third kappa shape index (κ3) is 3.45. The van der Waals surface area contributed by atoms with Crippen LogP contribution in [0.1, 0.15) is 31.3 Å². The normalized spacial score (nSPS) is 11.5. The number of amides is 1. The van der Waals surface area contributed by atoms with Crippen molar-refractivity contribution in [2.45, 2.75) is 27.3 Å². The monoisotopic (exact) mass is 240 g/mol. The first kappa shape index (κ1) is 13.5. The van der Waals surface area contributed by atoms with Crippen LogP contribution in [0.15, 0.2) is 6.20 Å². The van der Waals surface area contributed by atoms with Gasteiger partial charge in [-0.1, -0.05) is 13.8 Å². The number of aliphatic hydroxyl groups is 1. The SMILES string of the molecule is CCn1cc(N)c(C(=O)NCC(C)(C)CO)n1. The molecule has 0 fully saturated rings. The molecule has 0 atom stereocenters. The molecule has 1 rings (SSSR count). The smallest absolute Gasteiger partial charge is 0.273 e. The molecule has 0 saturated carbocycles. The molecule has 1 aromatic rings. The van der Waals surface area contributed by atoms with Crippen LogP contribution in [-0.4, -0.2) is 33.9 Å². The molecule has 0 bridgehead atoms. The molecule has 0 aliphatic rings. The Kier molecular flexibility index (Phi) is 4.11. The number of hydrogen-bond acceptors (Lipinski definition) is 4. The Hall–Kier alpha value is -1.56. The summed E-state index contributed by atoms with van der Waals surface area (Å²) in [6, 6.07) is 0. The number of nitrogen functional groups attached to an aromatic ring is 1. The Balaban J connectivity index is 2.67. The summed E-state index contributed by atoms with van der Waals surface area (Å²) < 4.78 is 1.61. The number of aliphatic hydroxyl groups excluding tert-OH is 1. The first-order chi connectivity index (χ1) is 7.89. The van der Waals surface area contributed by atoms with Gasteiger partial charge in [0.05, 0.1) is 5.69 Å². The van der Waals surface area contributed by atoms with Crippen molar-refractivity contribution in [1.82, 2.24) is 15.1 Å². The van der Waals surface area contributed by atoms with Crippen LogP contribution in [0.4, 0.5) is 5.69 Å². The van der Waals surface area contributed by atoms with E-state index < -0.39 is 0 Å². The summed E-state index contributed by atoms with van der Waals surface area (Å²) in [6.45, 7) is 6.69. The molecule has 0 saturated heterocycles. The fourth-order valence-electron chi connectivity index (χ4n) is 1.23. The van der Waals surface area contributed by atoms with Gasteiger partial charge in [-0.05, 0) is 6.92 Å². The summed E-state index contributed by atoms with van der Waals surface area (Å²) in [7, 11) is 0. The number of anilines is 1. The van der Waals surface area contributed by atoms with Gasteiger partial charge in [-0.15, -0.1) is 0 Å². The molecule has 0 radical (unpaired) electrons. The number of carbonyl (C=O) groups excluding carboxylic acids is 1. The lowest BCUT2D eigenvalue weighted by Gasteiger charge is -2.21. The number of nitrogens with one attached hydrogen (secondary N) is 1. The van der Waals surface area contributed by atoms with E-state index in [0.29, 0.717) is 18.8 Å². The predicted molar refractivity (Wildman–Crippen MR) is 65.5 cm³/mol. The second-order valence-electron chi connectivity index (χ2n) is 4.79. The van der Waals surface area contributed by atoms with Gasteiger partial charge in [-0.2, -0.15) is 5.10 Å². The molecule has 0 aromatic carbocycles. The van der Waals surface area contributed by atoms with E-state index >= 15 is 0 Å². The molecule has 0 aliphatic heterocycles. The number of rotatable bonds is 5. The van der Waals surface area contributed by atoms with Crippen molar-refractivity contribution >= 4 is 11.6 Å². The summed E-state index contributed by atoms with van der Waals surface area (Å²) in [6.07, 6.45) is 1.63. The lowest BCUT2D eigenvalue weighted by Crippen LogP contribution is -2.36. The topological polar surface area (TPSA) is 93.2 Å². The van der Waals surface area contributed by atoms with E-state index in [2.05, 4.69) is 10.4 Å². The van der Waals surface area contributed by atoms with Crippen molar-refractivity contribution in [2.75, 3.05) is 18.9 Å². The van der Waals surface area contributed by atoms with Crippen LogP contribution in [0.3, 0.4) is 0 Å². The maximum atomic E-state index is 11.8. The third-order valence-corrected chi connectivity index (χ3v) is 2.48. The molecule has 96 valence electrons. The second-order valence-corrected chi connectivity index (χ2v) is 4.79. The number of carbonyl (C=O) groups is 1. The molecular weight excluding hydrogens is 220 g/mol. The minimum absolute atomic E-state index is 0.00611. The van der Waals surface area contributed by atoms with Crippen molar-refractivity contribution in [1.29, 1.82) is 0 Å². The zero-order valence-electron chi connectivity index (χ0n) is 10.5. The van der Waals surface area contributed by atoms with Gasteiger partial charge in [0.1, 0.15) is 0 Å². The van der Waals surface area contributed by atoms with E-state index in [4.69, 9.17) is 10.8 Å². The molecular formula is C11H20N4O2. The quantitative estimate of drug-likeness (QED) is 0.687. The van der Waals surface area contributed by atoms with E-state index in [-0.39, 0.29) is 23.6 Å². The highest BCUT2D eigenvalue weighted by molar-refractivity contribution is 5.97. The Morgan fingerprint density at radius 3 is 2.76 bits per heavy atom. The van der Waals surface area contributed by atoms with Crippen LogP contribution >= 0.6 is 0 Å². The highest BCUT2D eigenvalue weighted by Gasteiger charge is 2.20. The van der Waals surface area contributed by atoms with E-state index in [1.54, 1.807) is 10.9 Å². The number of hydrogen-bond donors (Lipinski definition) is 3. The van der Waals surface area contributed by atoms with Gasteiger partial charge in [0.15, 0.2) is 5.69 Å². The summed E-state index contributed by atoms with van der Waals surface area (Å²) in [5.74, 6) is -0.309. The van der Waals surface area contributed by atoms with Gasteiger partial charge >= 0.3 is 0 Å². The molecule has 1 heterocycles. The zero-order chi connectivity index (χ0) is 13.1. The molecule has 4 N–H and O–H groups in total. The molecule has 0 spiro atoms. The molecule has 0 aliphatic carbocycles. The molecule has 6 nitrogen and oxygen atoms in total. The second kappa shape index (κ2) is 5.18. The van der Waals surface area contributed by atoms with Crippen LogP contribution in [0.2, 0.25) is 0 Å². The van der Waals surface area contributed by atoms with Crippen LogP contribution in [0, 0.1) is 5.41 Å². The third-order valence-electron chi connectivity index (χ3n) is 2.48. The van der Waals surface area contributed by atoms with Crippen LogP contribution in [0.5, 0.6) is 0 Å². The Labute approximate surface area is 101 Å². The maximum Gasteiger partial charge on any atom is 0.273 e. The first-order valence-electron chi connectivity index (χ1n) is 5.61. The van der Waals surface area contributed by atoms with Gasteiger partial charge < -0.3 is 16.2 Å². The fraction of sp³-hybridized carbons (Fsp3) is 0.636. The standard InChI is InChI=1S/C11H20N4O2/c1-4-15-5-8(12)9(14-15)10(17)13-6-11(2,3)7-16/h5,16H,4,6-7,12H2,1-3H3,(H,13,17).